The summed E-state index contributed by atoms with van der Waals surface area (Å²) in [6.45, 7) is -0.244. The molecule has 0 bridgehead atoms. The molecule has 0 aliphatic heterocycles. The Morgan fingerprint density at radius 1 is 1.00 bits per heavy atom. The average Bonchev–Trinajstić information content (AvgIpc) is 2.51. The summed E-state index contributed by atoms with van der Waals surface area (Å²) in [6, 6.07) is 8.98. The molecule has 2 aromatic carbocycles. The zero-order valence-corrected chi connectivity index (χ0v) is 13.9. The van der Waals surface area contributed by atoms with Crippen LogP contribution in [0.1, 0.15) is 10.4 Å². The van der Waals surface area contributed by atoms with E-state index in [-0.39, 0.29) is 16.7 Å². The number of halogens is 3. The Morgan fingerprint density at radius 2 is 1.61 bits per heavy atom. The topological polar surface area (TPSA) is 81.4 Å². The molecule has 0 heterocycles. The van der Waals surface area contributed by atoms with Gasteiger partial charge in [0, 0.05) is 5.56 Å². The first-order valence-electron chi connectivity index (χ1n) is 6.34. The number of carbonyl (C=O) groups is 2. The highest BCUT2D eigenvalue weighted by Gasteiger charge is 2.10. The third-order valence-corrected chi connectivity index (χ3v) is 3.83. The van der Waals surface area contributed by atoms with E-state index in [1.807, 2.05) is 0 Å². The van der Waals surface area contributed by atoms with Crippen LogP contribution in [-0.4, -0.2) is 18.4 Å². The van der Waals surface area contributed by atoms with Crippen LogP contribution in [0.5, 0.6) is 5.75 Å². The first kappa shape index (κ1) is 17.4. The van der Waals surface area contributed by atoms with E-state index in [1.54, 1.807) is 12.1 Å². The van der Waals surface area contributed by atoms with E-state index in [1.165, 1.54) is 24.3 Å². The molecule has 120 valence electrons. The molecule has 0 aliphatic carbocycles. The van der Waals surface area contributed by atoms with E-state index in [0.29, 0.717) is 22.0 Å². The fourth-order valence-electron chi connectivity index (χ4n) is 1.67. The number of benzene rings is 2. The molecule has 0 saturated carbocycles. The lowest BCUT2D eigenvalue weighted by Gasteiger charge is -2.10. The Hall–Kier alpha value is -1.95. The Labute approximate surface area is 147 Å². The predicted molar refractivity (Wildman–Crippen MR) is 90.6 cm³/mol. The van der Waals surface area contributed by atoms with Crippen LogP contribution >= 0.6 is 34.8 Å². The Bertz CT molecular complexity index is 748. The van der Waals surface area contributed by atoms with Crippen LogP contribution in [0.4, 0.5) is 5.69 Å². The van der Waals surface area contributed by atoms with Crippen molar-refractivity contribution in [1.29, 1.82) is 0 Å². The molecule has 5 nitrogen and oxygen atoms in total. The minimum absolute atomic E-state index is 0.244. The van der Waals surface area contributed by atoms with Gasteiger partial charge in [-0.1, -0.05) is 34.8 Å². The molecule has 0 radical (unpaired) electrons. The minimum Gasteiger partial charge on any atom is -0.484 e. The molecule has 0 unspecified atom stereocenters. The maximum Gasteiger partial charge on any atom is 0.262 e. The fourth-order valence-corrected chi connectivity index (χ4v) is 2.26. The number of carbonyl (C=O) groups excluding carboxylic acids is 2. The summed E-state index contributed by atoms with van der Waals surface area (Å²) in [4.78, 5) is 22.8. The lowest BCUT2D eigenvalue weighted by molar-refractivity contribution is -0.118. The zero-order valence-electron chi connectivity index (χ0n) is 11.6. The van der Waals surface area contributed by atoms with Gasteiger partial charge in [0.25, 0.3) is 5.91 Å². The molecular weight excluding hydrogens is 363 g/mol. The maximum atomic E-state index is 11.9. The summed E-state index contributed by atoms with van der Waals surface area (Å²) in [6.07, 6.45) is 0. The van der Waals surface area contributed by atoms with Crippen molar-refractivity contribution < 1.29 is 14.3 Å². The quantitative estimate of drug-likeness (QED) is 0.783. The number of primary amides is 1. The largest absolute Gasteiger partial charge is 0.484 e. The summed E-state index contributed by atoms with van der Waals surface area (Å²) in [7, 11) is 0. The van der Waals surface area contributed by atoms with Crippen LogP contribution in [0.15, 0.2) is 36.4 Å². The van der Waals surface area contributed by atoms with E-state index in [4.69, 9.17) is 45.3 Å². The van der Waals surface area contributed by atoms with Crippen molar-refractivity contribution in [2.45, 2.75) is 0 Å². The van der Waals surface area contributed by atoms with E-state index in [9.17, 15) is 9.59 Å². The summed E-state index contributed by atoms with van der Waals surface area (Å²) in [5, 5.41) is 3.39. The lowest BCUT2D eigenvalue weighted by Crippen LogP contribution is -2.20. The number of nitrogens with two attached hydrogens (primary N) is 1. The third kappa shape index (κ3) is 4.76. The van der Waals surface area contributed by atoms with Crippen LogP contribution in [0.3, 0.4) is 0 Å². The molecule has 0 saturated heterocycles. The number of hydrogen-bond acceptors (Lipinski definition) is 3. The Kier molecular flexibility index (Phi) is 5.71. The van der Waals surface area contributed by atoms with Crippen molar-refractivity contribution in [2.75, 3.05) is 11.9 Å². The highest BCUT2D eigenvalue weighted by atomic mass is 35.5. The number of anilines is 1. The molecule has 2 aromatic rings. The molecule has 0 atom stereocenters. The summed E-state index contributed by atoms with van der Waals surface area (Å²) < 4.78 is 5.30. The van der Waals surface area contributed by atoms with Gasteiger partial charge in [0.2, 0.25) is 5.91 Å². The number of rotatable bonds is 5. The zero-order chi connectivity index (χ0) is 17.0. The monoisotopic (exact) mass is 372 g/mol. The van der Waals surface area contributed by atoms with Gasteiger partial charge in [0.15, 0.2) is 6.61 Å². The van der Waals surface area contributed by atoms with Crippen LogP contribution < -0.4 is 15.8 Å². The van der Waals surface area contributed by atoms with Gasteiger partial charge in [-0.25, -0.2) is 0 Å². The second-order valence-corrected chi connectivity index (χ2v) is 5.69. The predicted octanol–water partition coefficient (Wildman–Crippen LogP) is 3.76. The second kappa shape index (κ2) is 7.55. The van der Waals surface area contributed by atoms with Gasteiger partial charge in [-0.15, -0.1) is 0 Å². The SMILES string of the molecule is NC(=O)c1ccc(OCC(=O)Nc2cc(Cl)c(Cl)cc2Cl)cc1. The van der Waals surface area contributed by atoms with Gasteiger partial charge >= 0.3 is 0 Å². The molecule has 0 aromatic heterocycles. The number of nitrogens with one attached hydrogen (secondary N) is 1. The van der Waals surface area contributed by atoms with Crippen LogP contribution in [0, 0.1) is 0 Å². The van der Waals surface area contributed by atoms with Crippen molar-refractivity contribution in [1.82, 2.24) is 0 Å². The average molecular weight is 374 g/mol. The Morgan fingerprint density at radius 3 is 2.22 bits per heavy atom. The lowest BCUT2D eigenvalue weighted by atomic mass is 10.2. The summed E-state index contributed by atoms with van der Waals surface area (Å²) in [5.74, 6) is -0.543. The number of amides is 2. The smallest absolute Gasteiger partial charge is 0.262 e. The van der Waals surface area contributed by atoms with Crippen molar-refractivity contribution in [3.05, 3.63) is 57.0 Å². The molecular formula is C15H11Cl3N2O3. The Balaban J connectivity index is 1.95. The molecule has 0 spiro atoms. The fraction of sp³-hybridized carbons (Fsp3) is 0.0667. The van der Waals surface area contributed by atoms with Gasteiger partial charge in [-0.3, -0.25) is 9.59 Å². The van der Waals surface area contributed by atoms with Crippen LogP contribution in [0.2, 0.25) is 15.1 Å². The molecule has 0 aliphatic rings. The van der Waals surface area contributed by atoms with Crippen molar-refractivity contribution in [3.8, 4) is 5.75 Å². The van der Waals surface area contributed by atoms with Crippen molar-refractivity contribution in [3.63, 3.8) is 0 Å². The molecule has 8 heteroatoms. The molecule has 3 N–H and O–H groups in total. The number of hydrogen-bond donors (Lipinski definition) is 2. The minimum atomic E-state index is -0.538. The van der Waals surface area contributed by atoms with Gasteiger partial charge in [0.05, 0.1) is 20.8 Å². The van der Waals surface area contributed by atoms with E-state index in [2.05, 4.69) is 5.32 Å². The first-order valence-corrected chi connectivity index (χ1v) is 7.47. The summed E-state index contributed by atoms with van der Waals surface area (Å²) >= 11 is 17.7. The van der Waals surface area contributed by atoms with Crippen molar-refractivity contribution in [2.24, 2.45) is 5.73 Å². The summed E-state index contributed by atoms with van der Waals surface area (Å²) in [5.41, 5.74) is 5.82. The van der Waals surface area contributed by atoms with E-state index >= 15 is 0 Å². The van der Waals surface area contributed by atoms with E-state index in [0.717, 1.165) is 0 Å². The van der Waals surface area contributed by atoms with Gasteiger partial charge in [-0.05, 0) is 36.4 Å². The standard InChI is InChI=1S/C15H11Cl3N2O3/c16-10-5-12(18)13(6-11(10)17)20-14(21)7-23-9-3-1-8(2-4-9)15(19)22/h1-6H,7H2,(H2,19,22)(H,20,21). The molecule has 0 fully saturated rings. The van der Waals surface area contributed by atoms with Crippen LogP contribution in [-0.2, 0) is 4.79 Å². The second-order valence-electron chi connectivity index (χ2n) is 4.47. The third-order valence-electron chi connectivity index (χ3n) is 2.79. The molecule has 2 amide bonds. The highest BCUT2D eigenvalue weighted by molar-refractivity contribution is 6.44. The van der Waals surface area contributed by atoms with Crippen molar-refractivity contribution >= 4 is 52.3 Å². The molecule has 2 rings (SSSR count). The highest BCUT2D eigenvalue weighted by Crippen LogP contribution is 2.32. The van der Waals surface area contributed by atoms with Gasteiger partial charge in [-0.2, -0.15) is 0 Å². The van der Waals surface area contributed by atoms with E-state index < -0.39 is 11.8 Å². The van der Waals surface area contributed by atoms with Crippen LogP contribution in [0.25, 0.3) is 0 Å². The van der Waals surface area contributed by atoms with Gasteiger partial charge < -0.3 is 15.8 Å². The number of ether oxygens (including phenoxy) is 1. The first-order chi connectivity index (χ1) is 10.9. The van der Waals surface area contributed by atoms with Gasteiger partial charge in [0.1, 0.15) is 5.75 Å². The normalized spacial score (nSPS) is 10.2. The maximum absolute atomic E-state index is 11.9. The molecule has 23 heavy (non-hydrogen) atoms.